The molecule has 29 heavy (non-hydrogen) atoms. The summed E-state index contributed by atoms with van der Waals surface area (Å²) in [6.07, 6.45) is 0. The van der Waals surface area contributed by atoms with Crippen molar-refractivity contribution in [2.75, 3.05) is 26.2 Å². The third-order valence-electron chi connectivity index (χ3n) is 4.95. The number of piperazine rings is 1. The topological polar surface area (TPSA) is 69.7 Å². The van der Waals surface area contributed by atoms with E-state index in [0.717, 1.165) is 0 Å². The molecule has 0 unspecified atom stereocenters. The normalized spacial score (nSPS) is 15.3. The maximum absolute atomic E-state index is 13.9. The summed E-state index contributed by atoms with van der Waals surface area (Å²) in [6.45, 7) is 5.34. The van der Waals surface area contributed by atoms with E-state index in [1.54, 1.807) is 21.9 Å². The minimum Gasteiger partial charge on any atom is -0.340 e. The number of rotatable bonds is 5. The third-order valence-corrected chi connectivity index (χ3v) is 5.81. The van der Waals surface area contributed by atoms with Gasteiger partial charge in [0.05, 0.1) is 10.4 Å². The number of hydrogen-bond donors (Lipinski definition) is 1. The fourth-order valence-electron chi connectivity index (χ4n) is 3.26. The molecule has 1 aliphatic rings. The summed E-state index contributed by atoms with van der Waals surface area (Å²) in [5, 5.41) is 4.54. The molecular formula is C21H24FN3O3S. The summed E-state index contributed by atoms with van der Waals surface area (Å²) >= 11 is 1.40. The van der Waals surface area contributed by atoms with Crippen molar-refractivity contribution in [1.82, 2.24) is 15.1 Å². The molecule has 0 radical (unpaired) electrons. The van der Waals surface area contributed by atoms with Crippen LogP contribution in [0.25, 0.3) is 0 Å². The zero-order chi connectivity index (χ0) is 21.0. The van der Waals surface area contributed by atoms with Gasteiger partial charge in [0.25, 0.3) is 11.8 Å². The van der Waals surface area contributed by atoms with Gasteiger partial charge in [-0.05, 0) is 29.5 Å². The fourth-order valence-corrected chi connectivity index (χ4v) is 3.95. The molecule has 0 aliphatic carbocycles. The molecule has 3 amide bonds. The predicted octanol–water partition coefficient (Wildman–Crippen LogP) is 2.63. The number of hydrogen-bond acceptors (Lipinski definition) is 4. The van der Waals surface area contributed by atoms with Crippen molar-refractivity contribution in [2.45, 2.75) is 19.9 Å². The molecule has 1 aromatic carbocycles. The molecule has 0 spiro atoms. The lowest BCUT2D eigenvalue weighted by atomic mass is 10.0. The van der Waals surface area contributed by atoms with Gasteiger partial charge in [-0.25, -0.2) is 4.39 Å². The van der Waals surface area contributed by atoms with Gasteiger partial charge in [-0.15, -0.1) is 11.3 Å². The Balaban J connectivity index is 1.62. The molecule has 1 saturated heterocycles. The van der Waals surface area contributed by atoms with Crippen LogP contribution in [0.1, 0.15) is 33.9 Å². The lowest BCUT2D eigenvalue weighted by Gasteiger charge is -2.37. The van der Waals surface area contributed by atoms with Gasteiger partial charge in [-0.2, -0.15) is 0 Å². The Bertz CT molecular complexity index is 877. The summed E-state index contributed by atoms with van der Waals surface area (Å²) < 4.78 is 13.9. The highest BCUT2D eigenvalue weighted by atomic mass is 32.1. The average Bonchev–Trinajstić information content (AvgIpc) is 3.26. The number of halogens is 1. The van der Waals surface area contributed by atoms with Gasteiger partial charge in [-0.1, -0.05) is 32.0 Å². The zero-order valence-corrected chi connectivity index (χ0v) is 17.2. The maximum atomic E-state index is 13.9. The lowest BCUT2D eigenvalue weighted by molar-refractivity contribution is -0.135. The molecule has 3 rings (SSSR count). The van der Waals surface area contributed by atoms with E-state index in [-0.39, 0.29) is 23.3 Å². The van der Waals surface area contributed by atoms with E-state index in [1.807, 2.05) is 25.3 Å². The Kier molecular flexibility index (Phi) is 6.64. The van der Waals surface area contributed by atoms with Gasteiger partial charge in [0.1, 0.15) is 11.9 Å². The second-order valence-electron chi connectivity index (χ2n) is 7.27. The van der Waals surface area contributed by atoms with Crippen molar-refractivity contribution < 1.29 is 18.8 Å². The average molecular weight is 418 g/mol. The molecule has 2 aromatic rings. The van der Waals surface area contributed by atoms with E-state index in [4.69, 9.17) is 0 Å². The molecule has 0 bridgehead atoms. The van der Waals surface area contributed by atoms with E-state index in [2.05, 4.69) is 5.32 Å². The second-order valence-corrected chi connectivity index (χ2v) is 8.22. The minimum atomic E-state index is -0.762. The number of carbonyl (C=O) groups excluding carboxylic acids is 3. The van der Waals surface area contributed by atoms with E-state index >= 15 is 0 Å². The zero-order valence-electron chi connectivity index (χ0n) is 16.4. The number of nitrogens with zero attached hydrogens (tertiary/aromatic N) is 2. The van der Waals surface area contributed by atoms with E-state index in [9.17, 15) is 18.8 Å². The molecule has 1 N–H and O–H groups in total. The quantitative estimate of drug-likeness (QED) is 0.813. The van der Waals surface area contributed by atoms with Crippen molar-refractivity contribution in [3.63, 3.8) is 0 Å². The van der Waals surface area contributed by atoms with Crippen LogP contribution in [0, 0.1) is 11.7 Å². The Morgan fingerprint density at radius 1 is 1.00 bits per heavy atom. The van der Waals surface area contributed by atoms with Gasteiger partial charge < -0.3 is 15.1 Å². The van der Waals surface area contributed by atoms with Crippen molar-refractivity contribution in [3.05, 3.63) is 58.0 Å². The second kappa shape index (κ2) is 9.17. The van der Waals surface area contributed by atoms with Crippen molar-refractivity contribution in [1.29, 1.82) is 0 Å². The Morgan fingerprint density at radius 3 is 2.24 bits per heavy atom. The van der Waals surface area contributed by atoms with Crippen LogP contribution in [0.3, 0.4) is 0 Å². The molecule has 6 nitrogen and oxygen atoms in total. The van der Waals surface area contributed by atoms with Crippen molar-refractivity contribution in [3.8, 4) is 0 Å². The largest absolute Gasteiger partial charge is 0.340 e. The first-order chi connectivity index (χ1) is 13.9. The van der Waals surface area contributed by atoms with Crippen molar-refractivity contribution in [2.24, 2.45) is 5.92 Å². The summed E-state index contributed by atoms with van der Waals surface area (Å²) in [7, 11) is 0. The number of thiophene rings is 1. The molecule has 0 saturated carbocycles. The predicted molar refractivity (Wildman–Crippen MR) is 109 cm³/mol. The molecule has 2 heterocycles. The van der Waals surface area contributed by atoms with Gasteiger partial charge in [0.2, 0.25) is 5.91 Å². The molecule has 1 fully saturated rings. The molecular weight excluding hydrogens is 393 g/mol. The molecule has 1 atom stereocenters. The minimum absolute atomic E-state index is 0.0274. The van der Waals surface area contributed by atoms with Crippen molar-refractivity contribution >= 4 is 29.1 Å². The van der Waals surface area contributed by atoms with E-state index < -0.39 is 17.8 Å². The van der Waals surface area contributed by atoms with Crippen LogP contribution in [-0.4, -0.2) is 59.7 Å². The first kappa shape index (κ1) is 21.0. The van der Waals surface area contributed by atoms with Gasteiger partial charge in [0, 0.05) is 26.2 Å². The van der Waals surface area contributed by atoms with Crippen LogP contribution in [0.15, 0.2) is 41.8 Å². The molecule has 154 valence electrons. The van der Waals surface area contributed by atoms with Gasteiger partial charge in [-0.3, -0.25) is 14.4 Å². The van der Waals surface area contributed by atoms with Gasteiger partial charge in [0.15, 0.2) is 0 Å². The number of amides is 3. The first-order valence-corrected chi connectivity index (χ1v) is 10.4. The molecule has 1 aromatic heterocycles. The van der Waals surface area contributed by atoms with E-state index in [1.165, 1.54) is 29.5 Å². The van der Waals surface area contributed by atoms with Crippen LogP contribution >= 0.6 is 11.3 Å². The number of nitrogens with one attached hydrogen (secondary N) is 1. The molecule has 1 aliphatic heterocycles. The first-order valence-electron chi connectivity index (χ1n) is 9.55. The SMILES string of the molecule is CC(C)[C@H](NC(=O)c1ccccc1F)C(=O)N1CCN(C(=O)c2cccs2)CC1. The lowest BCUT2D eigenvalue weighted by Crippen LogP contribution is -2.57. The Morgan fingerprint density at radius 2 is 1.66 bits per heavy atom. The van der Waals surface area contributed by atoms with E-state index in [0.29, 0.717) is 31.1 Å². The fraction of sp³-hybridized carbons (Fsp3) is 0.381. The van der Waals surface area contributed by atoms with Crippen LogP contribution < -0.4 is 5.32 Å². The monoisotopic (exact) mass is 417 g/mol. The Labute approximate surface area is 173 Å². The third kappa shape index (κ3) is 4.82. The number of benzene rings is 1. The summed E-state index contributed by atoms with van der Waals surface area (Å²) in [5.74, 6) is -1.64. The summed E-state index contributed by atoms with van der Waals surface area (Å²) in [4.78, 5) is 42.0. The highest BCUT2D eigenvalue weighted by Gasteiger charge is 2.32. The summed E-state index contributed by atoms with van der Waals surface area (Å²) in [5.41, 5.74) is -0.0858. The van der Waals surface area contributed by atoms with Gasteiger partial charge >= 0.3 is 0 Å². The Hall–Kier alpha value is -2.74. The highest BCUT2D eigenvalue weighted by Crippen LogP contribution is 2.16. The standard InChI is InChI=1S/C21H24FN3O3S/c1-14(2)18(23-19(26)15-6-3-4-7-16(15)22)21(28)25-11-9-24(10-12-25)20(27)17-8-5-13-29-17/h3-8,13-14,18H,9-12H2,1-2H3,(H,23,26)/t18-/m0/s1. The number of carbonyl (C=O) groups is 3. The van der Waals surface area contributed by atoms with Crippen LogP contribution in [0.4, 0.5) is 4.39 Å². The highest BCUT2D eigenvalue weighted by molar-refractivity contribution is 7.12. The van der Waals surface area contributed by atoms with Crippen LogP contribution in [0.2, 0.25) is 0 Å². The summed E-state index contributed by atoms with van der Waals surface area (Å²) in [6, 6.07) is 8.55. The van der Waals surface area contributed by atoms with Crippen LogP contribution in [0.5, 0.6) is 0 Å². The van der Waals surface area contributed by atoms with Crippen LogP contribution in [-0.2, 0) is 4.79 Å². The smallest absolute Gasteiger partial charge is 0.264 e. The maximum Gasteiger partial charge on any atom is 0.264 e. The molecule has 8 heteroatoms.